The number of carbonyl (C=O) groups is 2. The van der Waals surface area contributed by atoms with Gasteiger partial charge >= 0.3 is 6.09 Å². The molecule has 1 saturated heterocycles. The third-order valence-electron chi connectivity index (χ3n) is 3.63. The van der Waals surface area contributed by atoms with E-state index in [9.17, 15) is 9.59 Å². The molecule has 1 aromatic heterocycles. The van der Waals surface area contributed by atoms with E-state index in [0.29, 0.717) is 56.9 Å². The van der Waals surface area contributed by atoms with Gasteiger partial charge in [0.05, 0.1) is 6.61 Å². The number of nitrogens with one attached hydrogen (secondary N) is 1. The lowest BCUT2D eigenvalue weighted by atomic mass is 10.2. The average molecular weight is 335 g/mol. The molecule has 1 aromatic rings. The summed E-state index contributed by atoms with van der Waals surface area (Å²) in [6.07, 6.45) is 1.30. The Morgan fingerprint density at radius 1 is 1.29 bits per heavy atom. The molecule has 2 rings (SSSR count). The van der Waals surface area contributed by atoms with Crippen LogP contribution in [0.15, 0.2) is 12.3 Å². The van der Waals surface area contributed by atoms with Crippen LogP contribution in [-0.2, 0) is 4.74 Å². The molecule has 0 atom stereocenters. The number of anilines is 1. The van der Waals surface area contributed by atoms with Crippen LogP contribution in [0.1, 0.15) is 31.3 Å². The third kappa shape index (κ3) is 4.81. The van der Waals surface area contributed by atoms with Crippen molar-refractivity contribution in [2.24, 2.45) is 5.92 Å². The molecule has 0 bridgehead atoms. The number of carbonyl (C=O) groups excluding carboxylic acids is 2. The van der Waals surface area contributed by atoms with E-state index in [2.05, 4.69) is 15.3 Å². The minimum Gasteiger partial charge on any atom is -0.450 e. The lowest BCUT2D eigenvalue weighted by molar-refractivity contribution is 0.0944. The van der Waals surface area contributed by atoms with Gasteiger partial charge in [-0.2, -0.15) is 0 Å². The number of rotatable bonds is 5. The molecule has 1 fully saturated rings. The van der Waals surface area contributed by atoms with Crippen LogP contribution >= 0.6 is 0 Å². The Labute approximate surface area is 142 Å². The van der Waals surface area contributed by atoms with Crippen molar-refractivity contribution in [3.8, 4) is 0 Å². The summed E-state index contributed by atoms with van der Waals surface area (Å²) in [5, 5.41) is 2.85. The zero-order valence-corrected chi connectivity index (χ0v) is 14.5. The molecule has 0 spiro atoms. The van der Waals surface area contributed by atoms with Crippen LogP contribution in [0.5, 0.6) is 0 Å². The van der Waals surface area contributed by atoms with Crippen LogP contribution in [0.3, 0.4) is 0 Å². The molecule has 1 N–H and O–H groups in total. The summed E-state index contributed by atoms with van der Waals surface area (Å²) >= 11 is 0. The van der Waals surface area contributed by atoms with E-state index in [0.717, 1.165) is 0 Å². The van der Waals surface area contributed by atoms with Gasteiger partial charge in [-0.05, 0) is 18.9 Å². The fourth-order valence-electron chi connectivity index (χ4n) is 2.32. The molecule has 2 heterocycles. The van der Waals surface area contributed by atoms with Crippen molar-refractivity contribution < 1.29 is 14.3 Å². The number of ether oxygens (including phenoxy) is 1. The topological polar surface area (TPSA) is 87.7 Å². The van der Waals surface area contributed by atoms with Crippen LogP contribution in [-0.4, -0.2) is 66.2 Å². The van der Waals surface area contributed by atoms with E-state index >= 15 is 0 Å². The Morgan fingerprint density at radius 2 is 2.00 bits per heavy atom. The molecule has 24 heavy (non-hydrogen) atoms. The molecule has 132 valence electrons. The Bertz CT molecular complexity index is 571. The summed E-state index contributed by atoms with van der Waals surface area (Å²) in [5.41, 5.74) is 0.355. The van der Waals surface area contributed by atoms with Crippen LogP contribution in [0.2, 0.25) is 0 Å². The maximum absolute atomic E-state index is 12.1. The summed E-state index contributed by atoms with van der Waals surface area (Å²) in [5.74, 6) is 0.694. The van der Waals surface area contributed by atoms with Crippen molar-refractivity contribution in [2.75, 3.05) is 44.2 Å². The number of hydrogen-bond acceptors (Lipinski definition) is 6. The Balaban J connectivity index is 1.95. The van der Waals surface area contributed by atoms with Crippen LogP contribution < -0.4 is 10.2 Å². The van der Waals surface area contributed by atoms with E-state index in [1.807, 2.05) is 18.7 Å². The zero-order valence-electron chi connectivity index (χ0n) is 14.5. The highest BCUT2D eigenvalue weighted by molar-refractivity contribution is 5.92. The first-order chi connectivity index (χ1) is 11.5. The normalized spacial score (nSPS) is 14.7. The molecule has 0 unspecified atom stereocenters. The summed E-state index contributed by atoms with van der Waals surface area (Å²) in [7, 11) is 0. The molecule has 1 aliphatic heterocycles. The van der Waals surface area contributed by atoms with Gasteiger partial charge in [0, 0.05) is 38.9 Å². The van der Waals surface area contributed by atoms with E-state index in [-0.39, 0.29) is 12.0 Å². The van der Waals surface area contributed by atoms with Crippen molar-refractivity contribution in [3.63, 3.8) is 0 Å². The third-order valence-corrected chi connectivity index (χ3v) is 3.63. The van der Waals surface area contributed by atoms with Crippen LogP contribution in [0.4, 0.5) is 10.7 Å². The lowest BCUT2D eigenvalue weighted by Crippen LogP contribution is -2.49. The van der Waals surface area contributed by atoms with Gasteiger partial charge in [-0.3, -0.25) is 4.79 Å². The second kappa shape index (κ2) is 8.47. The summed E-state index contributed by atoms with van der Waals surface area (Å²) in [6.45, 7) is 9.15. The van der Waals surface area contributed by atoms with Gasteiger partial charge in [0.2, 0.25) is 5.95 Å². The molecule has 2 amide bonds. The first kappa shape index (κ1) is 18.0. The van der Waals surface area contributed by atoms with Crippen molar-refractivity contribution in [3.05, 3.63) is 18.0 Å². The first-order valence-electron chi connectivity index (χ1n) is 8.29. The van der Waals surface area contributed by atoms with Crippen LogP contribution in [0, 0.1) is 5.92 Å². The number of piperazine rings is 1. The first-order valence-corrected chi connectivity index (χ1v) is 8.29. The molecule has 8 heteroatoms. The molecule has 0 radical (unpaired) electrons. The lowest BCUT2D eigenvalue weighted by Gasteiger charge is -2.34. The van der Waals surface area contributed by atoms with Gasteiger partial charge in [0.15, 0.2) is 0 Å². The van der Waals surface area contributed by atoms with Crippen molar-refractivity contribution in [1.29, 1.82) is 0 Å². The quantitative estimate of drug-likeness (QED) is 0.868. The van der Waals surface area contributed by atoms with Gasteiger partial charge in [-0.15, -0.1) is 0 Å². The minimum atomic E-state index is -0.292. The predicted molar refractivity (Wildman–Crippen MR) is 90.0 cm³/mol. The summed E-state index contributed by atoms with van der Waals surface area (Å²) < 4.78 is 5.00. The minimum absolute atomic E-state index is 0.197. The number of aromatic nitrogens is 2. The van der Waals surface area contributed by atoms with Crippen LogP contribution in [0.25, 0.3) is 0 Å². The zero-order chi connectivity index (χ0) is 17.5. The second-order valence-corrected chi connectivity index (χ2v) is 6.02. The summed E-state index contributed by atoms with van der Waals surface area (Å²) in [6, 6.07) is 1.61. The van der Waals surface area contributed by atoms with E-state index in [1.54, 1.807) is 24.1 Å². The van der Waals surface area contributed by atoms with Gasteiger partial charge in [-0.1, -0.05) is 13.8 Å². The monoisotopic (exact) mass is 335 g/mol. The van der Waals surface area contributed by atoms with E-state index in [1.165, 1.54) is 0 Å². The Kier molecular flexibility index (Phi) is 6.34. The van der Waals surface area contributed by atoms with Gasteiger partial charge < -0.3 is 19.9 Å². The molecular weight excluding hydrogens is 310 g/mol. The van der Waals surface area contributed by atoms with Gasteiger partial charge in [0.25, 0.3) is 5.91 Å². The Hall–Kier alpha value is -2.38. The van der Waals surface area contributed by atoms with Crippen molar-refractivity contribution in [2.45, 2.75) is 20.8 Å². The Morgan fingerprint density at radius 3 is 2.62 bits per heavy atom. The molecule has 0 aromatic carbocycles. The van der Waals surface area contributed by atoms with E-state index < -0.39 is 0 Å². The highest BCUT2D eigenvalue weighted by Crippen LogP contribution is 2.12. The highest BCUT2D eigenvalue weighted by Gasteiger charge is 2.23. The molecule has 0 saturated carbocycles. The van der Waals surface area contributed by atoms with Crippen molar-refractivity contribution in [1.82, 2.24) is 20.2 Å². The maximum atomic E-state index is 12.1. The smallest absolute Gasteiger partial charge is 0.409 e. The number of nitrogens with zero attached hydrogens (tertiary/aromatic N) is 4. The maximum Gasteiger partial charge on any atom is 0.409 e. The standard InChI is InChI=1S/C16H25N5O3/c1-4-24-16(23)21-9-7-20(8-10-21)15-17-6-5-13(19-15)14(22)18-11-12(2)3/h5-6,12H,4,7-11H2,1-3H3,(H,18,22). The van der Waals surface area contributed by atoms with Gasteiger partial charge in [0.1, 0.15) is 5.69 Å². The highest BCUT2D eigenvalue weighted by atomic mass is 16.6. The predicted octanol–water partition coefficient (Wildman–Crippen LogP) is 1.14. The fourth-order valence-corrected chi connectivity index (χ4v) is 2.32. The molecule has 0 aliphatic carbocycles. The largest absolute Gasteiger partial charge is 0.450 e. The molecular formula is C16H25N5O3. The molecule has 8 nitrogen and oxygen atoms in total. The van der Waals surface area contributed by atoms with Gasteiger partial charge in [-0.25, -0.2) is 14.8 Å². The molecule has 1 aliphatic rings. The fraction of sp³-hybridized carbons (Fsp3) is 0.625. The van der Waals surface area contributed by atoms with E-state index in [4.69, 9.17) is 4.74 Å². The summed E-state index contributed by atoms with van der Waals surface area (Å²) in [4.78, 5) is 36.0. The number of amides is 2. The SMILES string of the molecule is CCOC(=O)N1CCN(c2nccc(C(=O)NCC(C)C)n2)CC1. The second-order valence-electron chi connectivity index (χ2n) is 6.02. The van der Waals surface area contributed by atoms with Crippen molar-refractivity contribution >= 4 is 17.9 Å². The number of hydrogen-bond donors (Lipinski definition) is 1. The average Bonchev–Trinajstić information content (AvgIpc) is 2.60.